The second-order valence-corrected chi connectivity index (χ2v) is 6.05. The number of nitrogens with one attached hydrogen (secondary N) is 1. The van der Waals surface area contributed by atoms with Gasteiger partial charge in [-0.2, -0.15) is 0 Å². The molecule has 0 unspecified atom stereocenters. The molecule has 1 aromatic carbocycles. The predicted octanol–water partition coefficient (Wildman–Crippen LogP) is 3.62. The summed E-state index contributed by atoms with van der Waals surface area (Å²) < 4.78 is 31.3. The van der Waals surface area contributed by atoms with Crippen molar-refractivity contribution >= 4 is 0 Å². The lowest BCUT2D eigenvalue weighted by Gasteiger charge is -2.25. The third-order valence-electron chi connectivity index (χ3n) is 2.68. The summed E-state index contributed by atoms with van der Waals surface area (Å²) in [6.45, 7) is 10.7. The summed E-state index contributed by atoms with van der Waals surface area (Å²) in [5.41, 5.74) is -0.0697. The van der Waals surface area contributed by atoms with Crippen molar-refractivity contribution in [3.05, 3.63) is 29.8 Å². The largest absolute Gasteiger partial charge is 0.493 e. The van der Waals surface area contributed by atoms with E-state index in [-0.39, 0.29) is 5.41 Å². The first-order valence-corrected chi connectivity index (χ1v) is 6.59. The summed E-state index contributed by atoms with van der Waals surface area (Å²) >= 11 is 0. The van der Waals surface area contributed by atoms with E-state index in [0.717, 1.165) is 25.2 Å². The van der Waals surface area contributed by atoms with Crippen molar-refractivity contribution in [3.8, 4) is 5.75 Å². The SMILES string of the molecule is CC(C)CNCC(C)(C)COc1ccc(F)c(F)c1. The highest BCUT2D eigenvalue weighted by atomic mass is 19.2. The molecule has 0 saturated heterocycles. The molecule has 0 aliphatic carbocycles. The van der Waals surface area contributed by atoms with Crippen molar-refractivity contribution < 1.29 is 13.5 Å². The lowest BCUT2D eigenvalue weighted by molar-refractivity contribution is 0.174. The van der Waals surface area contributed by atoms with Crippen LogP contribution in [0, 0.1) is 23.0 Å². The Hall–Kier alpha value is -1.16. The molecule has 0 bridgehead atoms. The number of hydrogen-bond donors (Lipinski definition) is 1. The van der Waals surface area contributed by atoms with Crippen molar-refractivity contribution in [1.29, 1.82) is 0 Å². The van der Waals surface area contributed by atoms with E-state index in [1.165, 1.54) is 6.07 Å². The average molecular weight is 271 g/mol. The molecular formula is C15H23F2NO. The average Bonchev–Trinajstić information content (AvgIpc) is 2.30. The summed E-state index contributed by atoms with van der Waals surface area (Å²) in [5, 5.41) is 3.37. The summed E-state index contributed by atoms with van der Waals surface area (Å²) in [6.07, 6.45) is 0. The Balaban J connectivity index is 2.43. The molecule has 0 aliphatic heterocycles. The maximum atomic E-state index is 13.0. The Kier molecular flexibility index (Phi) is 5.73. The Labute approximate surface area is 114 Å². The molecule has 0 aromatic heterocycles. The summed E-state index contributed by atoms with van der Waals surface area (Å²) in [6, 6.07) is 3.59. The molecule has 1 rings (SSSR count). The molecule has 0 spiro atoms. The molecule has 0 saturated carbocycles. The van der Waals surface area contributed by atoms with E-state index in [9.17, 15) is 8.78 Å². The van der Waals surface area contributed by atoms with Gasteiger partial charge < -0.3 is 10.1 Å². The molecule has 19 heavy (non-hydrogen) atoms. The van der Waals surface area contributed by atoms with Gasteiger partial charge in [0, 0.05) is 18.0 Å². The molecule has 0 amide bonds. The van der Waals surface area contributed by atoms with Crippen LogP contribution < -0.4 is 10.1 Å². The van der Waals surface area contributed by atoms with Gasteiger partial charge in [0.2, 0.25) is 0 Å². The normalized spacial score (nSPS) is 11.9. The van der Waals surface area contributed by atoms with Gasteiger partial charge in [-0.15, -0.1) is 0 Å². The number of hydrogen-bond acceptors (Lipinski definition) is 2. The molecule has 108 valence electrons. The molecule has 0 fully saturated rings. The monoisotopic (exact) mass is 271 g/mol. The fourth-order valence-electron chi connectivity index (χ4n) is 1.60. The van der Waals surface area contributed by atoms with Gasteiger partial charge in [0.15, 0.2) is 11.6 Å². The quantitative estimate of drug-likeness (QED) is 0.818. The number of rotatable bonds is 7. The minimum absolute atomic E-state index is 0.0697. The summed E-state index contributed by atoms with van der Waals surface area (Å²) in [7, 11) is 0. The summed E-state index contributed by atoms with van der Waals surface area (Å²) in [4.78, 5) is 0. The number of benzene rings is 1. The van der Waals surface area contributed by atoms with Gasteiger partial charge in [0.25, 0.3) is 0 Å². The highest BCUT2D eigenvalue weighted by Crippen LogP contribution is 2.20. The zero-order chi connectivity index (χ0) is 14.5. The minimum Gasteiger partial charge on any atom is -0.493 e. The highest BCUT2D eigenvalue weighted by Gasteiger charge is 2.19. The molecule has 1 aromatic rings. The minimum atomic E-state index is -0.881. The van der Waals surface area contributed by atoms with E-state index >= 15 is 0 Å². The first-order chi connectivity index (χ1) is 8.80. The molecule has 0 atom stereocenters. The van der Waals surface area contributed by atoms with Crippen molar-refractivity contribution in [1.82, 2.24) is 5.32 Å². The summed E-state index contributed by atoms with van der Waals surface area (Å²) in [5.74, 6) is -0.780. The highest BCUT2D eigenvalue weighted by molar-refractivity contribution is 5.23. The van der Waals surface area contributed by atoms with Crippen molar-refractivity contribution in [3.63, 3.8) is 0 Å². The van der Waals surface area contributed by atoms with Crippen molar-refractivity contribution in [2.75, 3.05) is 19.7 Å². The van der Waals surface area contributed by atoms with E-state index in [4.69, 9.17) is 4.74 Å². The van der Waals surface area contributed by atoms with Crippen LogP contribution in [0.2, 0.25) is 0 Å². The predicted molar refractivity (Wildman–Crippen MR) is 73.3 cm³/mol. The van der Waals surface area contributed by atoms with Crippen LogP contribution in [-0.2, 0) is 0 Å². The molecule has 4 heteroatoms. The van der Waals surface area contributed by atoms with Gasteiger partial charge in [-0.3, -0.25) is 0 Å². The third-order valence-corrected chi connectivity index (χ3v) is 2.68. The van der Waals surface area contributed by atoms with Crippen molar-refractivity contribution in [2.24, 2.45) is 11.3 Å². The fourth-order valence-corrected chi connectivity index (χ4v) is 1.60. The van der Waals surface area contributed by atoms with Gasteiger partial charge in [-0.25, -0.2) is 8.78 Å². The zero-order valence-electron chi connectivity index (χ0n) is 12.1. The van der Waals surface area contributed by atoms with Crippen molar-refractivity contribution in [2.45, 2.75) is 27.7 Å². The van der Waals surface area contributed by atoms with Crippen LogP contribution in [0.25, 0.3) is 0 Å². The fraction of sp³-hybridized carbons (Fsp3) is 0.600. The lowest BCUT2D eigenvalue weighted by atomic mass is 9.94. The Bertz CT molecular complexity index is 405. The standard InChI is InChI=1S/C15H23F2NO/c1-11(2)8-18-9-15(3,4)10-19-12-5-6-13(16)14(17)7-12/h5-7,11,18H,8-10H2,1-4H3. The zero-order valence-corrected chi connectivity index (χ0v) is 12.1. The van der Waals surface area contributed by atoms with E-state index in [1.54, 1.807) is 0 Å². The van der Waals surface area contributed by atoms with Crippen LogP contribution >= 0.6 is 0 Å². The molecular weight excluding hydrogens is 248 g/mol. The van der Waals surface area contributed by atoms with Gasteiger partial charge >= 0.3 is 0 Å². The third kappa shape index (κ3) is 6.01. The molecule has 0 aliphatic rings. The van der Waals surface area contributed by atoms with Gasteiger partial charge in [-0.05, 0) is 24.6 Å². The van der Waals surface area contributed by atoms with E-state index < -0.39 is 11.6 Å². The van der Waals surface area contributed by atoms with Gasteiger partial charge in [0.05, 0.1) is 6.61 Å². The Morgan fingerprint density at radius 2 is 1.89 bits per heavy atom. The van der Waals surface area contributed by atoms with Crippen LogP contribution in [0.5, 0.6) is 5.75 Å². The maximum absolute atomic E-state index is 13.0. The number of halogens is 2. The van der Waals surface area contributed by atoms with Crippen LogP contribution in [0.4, 0.5) is 8.78 Å². The maximum Gasteiger partial charge on any atom is 0.162 e. The number of ether oxygens (including phenoxy) is 1. The topological polar surface area (TPSA) is 21.3 Å². The molecule has 0 radical (unpaired) electrons. The van der Waals surface area contributed by atoms with E-state index in [1.807, 2.05) is 0 Å². The Morgan fingerprint density at radius 1 is 1.21 bits per heavy atom. The lowest BCUT2D eigenvalue weighted by Crippen LogP contribution is -2.35. The van der Waals surface area contributed by atoms with E-state index in [2.05, 4.69) is 33.0 Å². The van der Waals surface area contributed by atoms with Crippen LogP contribution in [0.3, 0.4) is 0 Å². The molecule has 1 N–H and O–H groups in total. The Morgan fingerprint density at radius 3 is 2.47 bits per heavy atom. The van der Waals surface area contributed by atoms with Crippen LogP contribution in [-0.4, -0.2) is 19.7 Å². The van der Waals surface area contributed by atoms with Gasteiger partial charge in [0.1, 0.15) is 5.75 Å². The second kappa shape index (κ2) is 6.85. The van der Waals surface area contributed by atoms with Crippen LogP contribution in [0.1, 0.15) is 27.7 Å². The van der Waals surface area contributed by atoms with E-state index in [0.29, 0.717) is 18.3 Å². The second-order valence-electron chi connectivity index (χ2n) is 6.05. The first kappa shape index (κ1) is 15.9. The first-order valence-electron chi connectivity index (χ1n) is 6.59. The van der Waals surface area contributed by atoms with Gasteiger partial charge in [-0.1, -0.05) is 27.7 Å². The smallest absolute Gasteiger partial charge is 0.162 e. The molecule has 2 nitrogen and oxygen atoms in total. The molecule has 0 heterocycles. The van der Waals surface area contributed by atoms with Crippen LogP contribution in [0.15, 0.2) is 18.2 Å².